The van der Waals surface area contributed by atoms with Gasteiger partial charge in [-0.3, -0.25) is 0 Å². The van der Waals surface area contributed by atoms with E-state index in [-0.39, 0.29) is 24.0 Å². The first kappa shape index (κ1) is 9.64. The first-order valence-electron chi connectivity index (χ1n) is 2.36. The van der Waals surface area contributed by atoms with E-state index in [0.717, 1.165) is 5.69 Å². The third-order valence-corrected chi connectivity index (χ3v) is 1.56. The fourth-order valence-corrected chi connectivity index (χ4v) is 1.14. The van der Waals surface area contributed by atoms with E-state index in [2.05, 4.69) is 34.4 Å². The minimum absolute atomic E-state index is 0. The third-order valence-electron chi connectivity index (χ3n) is 0.889. The lowest BCUT2D eigenvalue weighted by atomic mass is 10.3. The van der Waals surface area contributed by atoms with Crippen LogP contribution >= 0.6 is 22.6 Å². The van der Waals surface area contributed by atoms with Gasteiger partial charge in [-0.15, -0.1) is 0 Å². The van der Waals surface area contributed by atoms with Gasteiger partial charge < -0.3 is 29.7 Å². The summed E-state index contributed by atoms with van der Waals surface area (Å²) in [6, 6.07) is 8.09. The van der Waals surface area contributed by atoms with E-state index in [9.17, 15) is 0 Å². The normalized spacial score (nSPS) is 8.22. The first-order chi connectivity index (χ1) is 3.79. The molecule has 0 spiro atoms. The van der Waals surface area contributed by atoms with Crippen molar-refractivity contribution in [2.75, 3.05) is 0 Å². The fourth-order valence-electron chi connectivity index (χ4n) is 0.537. The quantitative estimate of drug-likeness (QED) is 0.535. The highest BCUT2D eigenvalue weighted by molar-refractivity contribution is 14.1. The molecule has 0 heterocycles. The highest BCUT2D eigenvalue weighted by Crippen LogP contribution is 2.06. The molecular formula is C6H7I2N. The third kappa shape index (κ3) is 3.36. The highest BCUT2D eigenvalue weighted by atomic mass is 127. The van der Waals surface area contributed by atoms with Crippen LogP contribution in [0.1, 0.15) is 0 Å². The van der Waals surface area contributed by atoms with E-state index in [1.807, 2.05) is 18.2 Å². The number of benzene rings is 1. The van der Waals surface area contributed by atoms with Crippen molar-refractivity contribution in [1.82, 2.24) is 0 Å². The summed E-state index contributed by atoms with van der Waals surface area (Å²) < 4.78 is 1.25. The summed E-state index contributed by atoms with van der Waals surface area (Å²) in [5.74, 6) is 0. The second-order valence-electron chi connectivity index (χ2n) is 1.63. The van der Waals surface area contributed by atoms with Crippen molar-refractivity contribution >= 4 is 28.3 Å². The molecule has 0 amide bonds. The van der Waals surface area contributed by atoms with Crippen LogP contribution in [0.2, 0.25) is 0 Å². The molecule has 50 valence electrons. The second kappa shape index (κ2) is 4.45. The van der Waals surface area contributed by atoms with Crippen LogP contribution in [0.15, 0.2) is 24.3 Å². The molecule has 0 bridgehead atoms. The SMILES string of the molecule is [I-].[NH3+]c1cccc(I)c1. The number of rotatable bonds is 0. The largest absolute Gasteiger partial charge is 1.00 e. The van der Waals surface area contributed by atoms with Crippen molar-refractivity contribution < 1.29 is 29.7 Å². The molecule has 1 aromatic carbocycles. The van der Waals surface area contributed by atoms with Crippen LogP contribution in [0.3, 0.4) is 0 Å². The Morgan fingerprint density at radius 3 is 2.33 bits per heavy atom. The van der Waals surface area contributed by atoms with Crippen LogP contribution in [0.4, 0.5) is 5.69 Å². The van der Waals surface area contributed by atoms with E-state index < -0.39 is 0 Å². The molecule has 0 radical (unpaired) electrons. The van der Waals surface area contributed by atoms with Crippen LogP contribution in [0, 0.1) is 3.57 Å². The molecule has 3 heteroatoms. The maximum atomic E-state index is 3.78. The molecule has 0 aliphatic rings. The lowest BCUT2D eigenvalue weighted by molar-refractivity contribution is -0.254. The molecule has 1 aromatic rings. The molecule has 0 fully saturated rings. The molecular weight excluding hydrogens is 340 g/mol. The molecule has 1 nitrogen and oxygen atoms in total. The van der Waals surface area contributed by atoms with Gasteiger partial charge in [0.25, 0.3) is 0 Å². The molecule has 0 saturated carbocycles. The minimum atomic E-state index is 0. The molecule has 9 heavy (non-hydrogen) atoms. The van der Waals surface area contributed by atoms with Crippen molar-refractivity contribution in [2.24, 2.45) is 0 Å². The summed E-state index contributed by atoms with van der Waals surface area (Å²) in [5, 5.41) is 0. The molecule has 1 rings (SSSR count). The Morgan fingerprint density at radius 1 is 1.33 bits per heavy atom. The van der Waals surface area contributed by atoms with Gasteiger partial charge in [0, 0.05) is 9.64 Å². The number of quaternary nitrogens is 1. The molecule has 0 unspecified atom stereocenters. The number of hydrogen-bond donors (Lipinski definition) is 1. The maximum Gasteiger partial charge on any atom is 0.128 e. The van der Waals surface area contributed by atoms with Gasteiger partial charge in [0.1, 0.15) is 5.69 Å². The van der Waals surface area contributed by atoms with E-state index >= 15 is 0 Å². The highest BCUT2D eigenvalue weighted by Gasteiger charge is 1.86. The van der Waals surface area contributed by atoms with Gasteiger partial charge in [-0.05, 0) is 34.7 Å². The fraction of sp³-hybridized carbons (Fsp3) is 0. The average Bonchev–Trinajstić information content (AvgIpc) is 1.64. The van der Waals surface area contributed by atoms with Crippen LogP contribution < -0.4 is 29.7 Å². The monoisotopic (exact) mass is 347 g/mol. The van der Waals surface area contributed by atoms with E-state index in [1.54, 1.807) is 0 Å². The van der Waals surface area contributed by atoms with Crippen molar-refractivity contribution in [2.45, 2.75) is 0 Å². The Bertz CT molecular complexity index is 171. The lowest BCUT2D eigenvalue weighted by Crippen LogP contribution is -3.00. The standard InChI is InChI=1S/C6H6IN.HI/c7-5-2-1-3-6(8)4-5;/h1-4H,8H2;1H. The van der Waals surface area contributed by atoms with Crippen molar-refractivity contribution in [1.29, 1.82) is 0 Å². The average molecular weight is 347 g/mol. The lowest BCUT2D eigenvalue weighted by Gasteiger charge is -1.85. The molecule has 0 saturated heterocycles. The zero-order valence-electron chi connectivity index (χ0n) is 4.77. The topological polar surface area (TPSA) is 27.6 Å². The van der Waals surface area contributed by atoms with Crippen molar-refractivity contribution in [3.05, 3.63) is 27.8 Å². The predicted octanol–water partition coefficient (Wildman–Crippen LogP) is -1.83. The Labute approximate surface area is 85.2 Å². The van der Waals surface area contributed by atoms with Crippen molar-refractivity contribution in [3.8, 4) is 0 Å². The molecule has 0 aromatic heterocycles. The van der Waals surface area contributed by atoms with Crippen LogP contribution in [-0.2, 0) is 0 Å². The molecule has 0 atom stereocenters. The van der Waals surface area contributed by atoms with Crippen molar-refractivity contribution in [3.63, 3.8) is 0 Å². The maximum absolute atomic E-state index is 3.78. The van der Waals surface area contributed by atoms with E-state index in [4.69, 9.17) is 0 Å². The summed E-state index contributed by atoms with van der Waals surface area (Å²) in [5.41, 5.74) is 4.86. The van der Waals surface area contributed by atoms with E-state index in [0.29, 0.717) is 0 Å². The summed E-state index contributed by atoms with van der Waals surface area (Å²) in [4.78, 5) is 0. The van der Waals surface area contributed by atoms with Gasteiger partial charge in [-0.25, -0.2) is 0 Å². The zero-order valence-corrected chi connectivity index (χ0v) is 9.09. The Morgan fingerprint density at radius 2 is 2.00 bits per heavy atom. The van der Waals surface area contributed by atoms with Crippen LogP contribution in [-0.4, -0.2) is 0 Å². The first-order valence-corrected chi connectivity index (χ1v) is 3.44. The van der Waals surface area contributed by atoms with E-state index in [1.165, 1.54) is 3.57 Å². The minimum Gasteiger partial charge on any atom is -1.00 e. The van der Waals surface area contributed by atoms with Gasteiger partial charge in [-0.1, -0.05) is 6.07 Å². The van der Waals surface area contributed by atoms with Gasteiger partial charge in [0.15, 0.2) is 0 Å². The van der Waals surface area contributed by atoms with Gasteiger partial charge in [0.05, 0.1) is 0 Å². The number of halogens is 2. The van der Waals surface area contributed by atoms with Gasteiger partial charge in [0.2, 0.25) is 0 Å². The molecule has 3 N–H and O–H groups in total. The smallest absolute Gasteiger partial charge is 0.128 e. The predicted molar refractivity (Wildman–Crippen MR) is 41.7 cm³/mol. The Kier molecular flexibility index (Phi) is 4.77. The molecule has 0 aliphatic heterocycles. The summed E-state index contributed by atoms with van der Waals surface area (Å²) >= 11 is 2.27. The second-order valence-corrected chi connectivity index (χ2v) is 2.88. The van der Waals surface area contributed by atoms with Gasteiger partial charge in [-0.2, -0.15) is 0 Å². The summed E-state index contributed by atoms with van der Waals surface area (Å²) in [6.45, 7) is 0. The van der Waals surface area contributed by atoms with Gasteiger partial charge >= 0.3 is 0 Å². The molecule has 0 aliphatic carbocycles. The Hall–Kier alpha value is 0.640. The van der Waals surface area contributed by atoms with Crippen LogP contribution in [0.5, 0.6) is 0 Å². The summed E-state index contributed by atoms with van der Waals surface area (Å²) in [6.07, 6.45) is 0. The van der Waals surface area contributed by atoms with Crippen LogP contribution in [0.25, 0.3) is 0 Å². The summed E-state index contributed by atoms with van der Waals surface area (Å²) in [7, 11) is 0. The number of hydrogen-bond acceptors (Lipinski definition) is 0. The zero-order chi connectivity index (χ0) is 5.98. The Balaban J connectivity index is 0.000000640.